The number of aryl methyl sites for hydroxylation is 2. The second-order valence-corrected chi connectivity index (χ2v) is 11.1. The number of nitrogens with zero attached hydrogens (tertiary/aromatic N) is 1. The molecule has 0 bridgehead atoms. The van der Waals surface area contributed by atoms with Gasteiger partial charge >= 0.3 is 0 Å². The number of phenols is 1. The van der Waals surface area contributed by atoms with Crippen molar-refractivity contribution in [3.05, 3.63) is 88.8 Å². The second-order valence-electron chi connectivity index (χ2n) is 11.1. The predicted molar refractivity (Wildman–Crippen MR) is 163 cm³/mol. The lowest BCUT2D eigenvalue weighted by Crippen LogP contribution is -2.60. The van der Waals surface area contributed by atoms with Crippen LogP contribution in [0.4, 0.5) is 0 Å². The summed E-state index contributed by atoms with van der Waals surface area (Å²) in [7, 11) is 1.43. The average molecular weight is 619 g/mol. The van der Waals surface area contributed by atoms with Crippen LogP contribution in [0.5, 0.6) is 17.2 Å². The zero-order chi connectivity index (χ0) is 32.2. The quantitative estimate of drug-likeness (QED) is 0.158. The summed E-state index contributed by atoms with van der Waals surface area (Å²) < 4.78 is 16.7. The number of ketones is 1. The molecular weight excluding hydrogens is 582 g/mol. The van der Waals surface area contributed by atoms with Gasteiger partial charge in [0.25, 0.3) is 0 Å². The highest BCUT2D eigenvalue weighted by molar-refractivity contribution is 6.08. The maximum absolute atomic E-state index is 13.5. The van der Waals surface area contributed by atoms with E-state index in [-0.39, 0.29) is 35.3 Å². The molecular formula is C34H36NO10-. The fraction of sp³-hybridized carbons (Fsp3) is 0.353. The van der Waals surface area contributed by atoms with Gasteiger partial charge in [0.1, 0.15) is 41.7 Å². The van der Waals surface area contributed by atoms with Crippen LogP contribution in [-0.4, -0.2) is 81.5 Å². The molecule has 1 fully saturated rings. The highest BCUT2D eigenvalue weighted by atomic mass is 16.7. The number of rotatable bonds is 11. The molecule has 2 aliphatic rings. The van der Waals surface area contributed by atoms with Crippen LogP contribution in [0, 0.1) is 6.92 Å². The molecule has 0 unspecified atom stereocenters. The number of fused-ring (bicyclic) bond motifs is 1. The number of aliphatic hydroxyl groups excluding tert-OH is 4. The number of carbonyl (C=O) groups excluding carboxylic acids is 1. The Morgan fingerprint density at radius 1 is 1.02 bits per heavy atom. The number of phenolic OH excluding ortho intramolecular Hbond substituents is 1. The third-order valence-corrected chi connectivity index (χ3v) is 8.11. The maximum Gasteiger partial charge on any atom is 0.229 e. The molecule has 0 aromatic heterocycles. The van der Waals surface area contributed by atoms with Gasteiger partial charge in [-0.3, -0.25) is 9.79 Å². The number of ether oxygens (including phenoxy) is 3. The minimum atomic E-state index is -1.70. The van der Waals surface area contributed by atoms with Gasteiger partial charge in [-0.2, -0.15) is 0 Å². The van der Waals surface area contributed by atoms with Crippen molar-refractivity contribution in [1.29, 1.82) is 0 Å². The first-order valence-electron chi connectivity index (χ1n) is 14.6. The van der Waals surface area contributed by atoms with E-state index >= 15 is 0 Å². The molecule has 1 saturated heterocycles. The van der Waals surface area contributed by atoms with Gasteiger partial charge in [0, 0.05) is 24.4 Å². The molecule has 2 heterocycles. The van der Waals surface area contributed by atoms with Crippen LogP contribution in [0.25, 0.3) is 10.8 Å². The summed E-state index contributed by atoms with van der Waals surface area (Å²) in [5.41, 5.74) is 2.74. The topological polar surface area (TPSA) is 181 Å². The van der Waals surface area contributed by atoms with Gasteiger partial charge in [-0.25, -0.2) is 0 Å². The first-order chi connectivity index (χ1) is 21.6. The third kappa shape index (κ3) is 6.73. The van der Waals surface area contributed by atoms with Crippen LogP contribution >= 0.6 is 0 Å². The largest absolute Gasteiger partial charge is 0.875 e. The molecule has 0 aliphatic carbocycles. The molecule has 3 aromatic rings. The number of hydrogen-bond donors (Lipinski definition) is 5. The van der Waals surface area contributed by atoms with Crippen molar-refractivity contribution < 1.29 is 49.6 Å². The predicted octanol–water partition coefficient (Wildman–Crippen LogP) is 2.22. The third-order valence-electron chi connectivity index (χ3n) is 8.11. The van der Waals surface area contributed by atoms with Crippen LogP contribution in [0.15, 0.2) is 77.1 Å². The monoisotopic (exact) mass is 618 g/mol. The molecule has 238 valence electrons. The fourth-order valence-corrected chi connectivity index (χ4v) is 5.66. The summed E-state index contributed by atoms with van der Waals surface area (Å²) in [6.45, 7) is 1.01. The number of methoxy groups -OCH3 is 1. The van der Waals surface area contributed by atoms with E-state index < -0.39 is 48.8 Å². The molecule has 2 aliphatic heterocycles. The number of allylic oxidation sites excluding steroid dienone is 3. The Kier molecular flexibility index (Phi) is 9.86. The van der Waals surface area contributed by atoms with Crippen LogP contribution in [0.2, 0.25) is 0 Å². The second kappa shape index (κ2) is 13.8. The molecule has 11 nitrogen and oxygen atoms in total. The molecule has 0 spiro atoms. The smallest absolute Gasteiger partial charge is 0.229 e. The van der Waals surface area contributed by atoms with Gasteiger partial charge in [0.2, 0.25) is 6.29 Å². The number of carbonyl (C=O) groups is 1. The first kappa shape index (κ1) is 32.1. The summed E-state index contributed by atoms with van der Waals surface area (Å²) >= 11 is 0. The van der Waals surface area contributed by atoms with E-state index in [4.69, 9.17) is 14.2 Å². The van der Waals surface area contributed by atoms with Gasteiger partial charge in [-0.15, -0.1) is 5.76 Å². The average Bonchev–Trinajstić information content (AvgIpc) is 3.51. The molecule has 0 radical (unpaired) electrons. The molecule has 5 rings (SSSR count). The highest BCUT2D eigenvalue weighted by Crippen LogP contribution is 2.42. The van der Waals surface area contributed by atoms with Gasteiger partial charge in [-0.1, -0.05) is 36.4 Å². The fourth-order valence-electron chi connectivity index (χ4n) is 5.66. The molecule has 11 heteroatoms. The zero-order valence-corrected chi connectivity index (χ0v) is 24.9. The Labute approximate surface area is 260 Å². The normalized spacial score (nSPS) is 24.0. The Bertz CT molecular complexity index is 1650. The van der Waals surface area contributed by atoms with Crippen molar-refractivity contribution >= 4 is 22.3 Å². The van der Waals surface area contributed by atoms with Gasteiger partial charge in [0.05, 0.1) is 24.7 Å². The van der Waals surface area contributed by atoms with E-state index in [9.17, 15) is 35.4 Å². The van der Waals surface area contributed by atoms with Gasteiger partial charge in [0.15, 0.2) is 5.78 Å². The van der Waals surface area contributed by atoms with E-state index in [0.29, 0.717) is 34.4 Å². The summed E-state index contributed by atoms with van der Waals surface area (Å²) in [5, 5.41) is 65.6. The molecule has 3 aromatic carbocycles. The van der Waals surface area contributed by atoms with Crippen LogP contribution in [0.3, 0.4) is 0 Å². The van der Waals surface area contributed by atoms with Crippen LogP contribution in [-0.2, 0) is 11.2 Å². The molecule has 0 amide bonds. The summed E-state index contributed by atoms with van der Waals surface area (Å²) in [6.07, 6.45) is -3.43. The number of hydrogen-bond acceptors (Lipinski definition) is 11. The van der Waals surface area contributed by atoms with E-state index in [1.807, 2.05) is 30.3 Å². The van der Waals surface area contributed by atoms with Gasteiger partial charge < -0.3 is 44.8 Å². The SMILES string of the molecule is COc1cc(O[C@H]2O[C@H](CO)[C@@H](O)[C@H](O)[C@H]2O)c2c(O)c(C(=O)CCC([O-])=C3C=CN=C3CCc3ccccc3)c(C)cc2c1. The number of aromatic hydroxyl groups is 1. The Morgan fingerprint density at radius 2 is 1.78 bits per heavy atom. The number of aliphatic imine (C=N–C) groups is 1. The van der Waals surface area contributed by atoms with Crippen molar-refractivity contribution in [1.82, 2.24) is 0 Å². The lowest BCUT2D eigenvalue weighted by atomic mass is 9.94. The number of aliphatic hydroxyl groups is 4. The Morgan fingerprint density at radius 3 is 2.49 bits per heavy atom. The van der Waals surface area contributed by atoms with E-state index in [2.05, 4.69) is 4.99 Å². The van der Waals surface area contributed by atoms with Crippen LogP contribution in [0.1, 0.15) is 40.7 Å². The lowest BCUT2D eigenvalue weighted by Gasteiger charge is -2.39. The molecule has 45 heavy (non-hydrogen) atoms. The van der Waals surface area contributed by atoms with Crippen molar-refractivity contribution in [2.24, 2.45) is 4.99 Å². The van der Waals surface area contributed by atoms with E-state index in [1.165, 1.54) is 13.2 Å². The Balaban J connectivity index is 1.39. The minimum absolute atomic E-state index is 0.00375. The lowest BCUT2D eigenvalue weighted by molar-refractivity contribution is -0.307. The first-order valence-corrected chi connectivity index (χ1v) is 14.6. The minimum Gasteiger partial charge on any atom is -0.875 e. The van der Waals surface area contributed by atoms with Gasteiger partial charge in [-0.05, 0) is 60.4 Å². The highest BCUT2D eigenvalue weighted by Gasteiger charge is 2.45. The standard InChI is InChI=1S/C34H37NO10/c1-18-14-20-15-21(43-2)16-26(44-34-33(42)32(41)30(39)27(17-36)45-34)29(20)31(40)28(18)25(38)11-10-24(37)22-12-13-35-23(22)9-8-19-6-4-3-5-7-19/h3-7,12-16,27,30,32-34,36-37,39-42H,8-11,17H2,1-2H3/p-1/t27-,30-,32+,33-,34+/m1/s1. The van der Waals surface area contributed by atoms with Crippen molar-refractivity contribution in [3.63, 3.8) is 0 Å². The number of benzene rings is 3. The van der Waals surface area contributed by atoms with Crippen molar-refractivity contribution in [2.45, 2.75) is 63.3 Å². The van der Waals surface area contributed by atoms with Crippen molar-refractivity contribution in [2.75, 3.05) is 13.7 Å². The van der Waals surface area contributed by atoms with E-state index in [0.717, 1.165) is 12.0 Å². The summed E-state index contributed by atoms with van der Waals surface area (Å²) in [5.74, 6) is -0.791. The summed E-state index contributed by atoms with van der Waals surface area (Å²) in [4.78, 5) is 17.8. The van der Waals surface area contributed by atoms with Crippen molar-refractivity contribution in [3.8, 4) is 17.2 Å². The summed E-state index contributed by atoms with van der Waals surface area (Å²) in [6, 6.07) is 14.6. The molecule has 5 atom stereocenters. The number of Topliss-reactive ketones (excluding diaryl/α,β-unsaturated/α-hetero) is 1. The van der Waals surface area contributed by atoms with Crippen LogP contribution < -0.4 is 14.6 Å². The van der Waals surface area contributed by atoms with E-state index in [1.54, 1.807) is 31.3 Å². The maximum atomic E-state index is 13.5. The molecule has 5 N–H and O–H groups in total. The molecule has 0 saturated carbocycles. The zero-order valence-electron chi connectivity index (χ0n) is 24.9. The Hall–Kier alpha value is -4.26.